The van der Waals surface area contributed by atoms with Gasteiger partial charge in [-0.05, 0) is 55.1 Å². The van der Waals surface area contributed by atoms with Gasteiger partial charge in [0.15, 0.2) is 0 Å². The van der Waals surface area contributed by atoms with E-state index in [4.69, 9.17) is 0 Å². The van der Waals surface area contributed by atoms with E-state index in [0.717, 1.165) is 5.69 Å². The number of hydrogen-bond acceptors (Lipinski definition) is 1. The Kier molecular flexibility index (Phi) is 23.1. The number of hydrogen-bond donors (Lipinski definition) is 0. The Morgan fingerprint density at radius 2 is 1.03 bits per heavy atom. The maximum atomic E-state index is 4.60. The van der Waals surface area contributed by atoms with Crippen LogP contribution in [0.4, 0.5) is 0 Å². The molecule has 0 fully saturated rings. The Hall–Kier alpha value is -0.680. The van der Waals surface area contributed by atoms with Crippen LogP contribution in [0.15, 0.2) is 29.7 Å². The molecule has 2 heteroatoms. The average Bonchev–Trinajstić information content (AvgIpc) is 2.89. The average molecular weight is 502 g/mol. The van der Waals surface area contributed by atoms with Gasteiger partial charge in [0.05, 0.1) is 5.69 Å². The Labute approximate surface area is 222 Å². The van der Waals surface area contributed by atoms with Crippen molar-refractivity contribution >= 4 is 14.0 Å². The van der Waals surface area contributed by atoms with E-state index in [1.54, 1.807) is 5.31 Å². The molecule has 0 spiro atoms. The van der Waals surface area contributed by atoms with Crippen molar-refractivity contribution in [1.82, 2.24) is 4.98 Å². The fourth-order valence-electron chi connectivity index (χ4n) is 5.03. The summed E-state index contributed by atoms with van der Waals surface area (Å²) in [6.07, 6.45) is 37.2. The van der Waals surface area contributed by atoms with Crippen molar-refractivity contribution in [3.05, 3.63) is 35.4 Å². The molecule has 0 bridgehead atoms. The highest BCUT2D eigenvalue weighted by molar-refractivity contribution is 7.62. The van der Waals surface area contributed by atoms with Crippen LogP contribution in [-0.2, 0) is 0 Å². The van der Waals surface area contributed by atoms with Gasteiger partial charge in [-0.15, -0.1) is 0 Å². The molecule has 35 heavy (non-hydrogen) atoms. The van der Waals surface area contributed by atoms with Gasteiger partial charge in [-0.1, -0.05) is 150 Å². The second-order valence-electron chi connectivity index (χ2n) is 10.6. The van der Waals surface area contributed by atoms with Crippen LogP contribution >= 0.6 is 7.92 Å². The molecule has 0 unspecified atom stereocenters. The predicted molar refractivity (Wildman–Crippen MR) is 163 cm³/mol. The van der Waals surface area contributed by atoms with Crippen LogP contribution in [0.3, 0.4) is 0 Å². The van der Waals surface area contributed by atoms with Crippen molar-refractivity contribution in [2.45, 2.75) is 156 Å². The van der Waals surface area contributed by atoms with Gasteiger partial charge in [-0.2, -0.15) is 0 Å². The molecule has 0 N–H and O–H groups in total. The normalized spacial score (nSPS) is 12.1. The molecule has 1 rings (SSSR count). The van der Waals surface area contributed by atoms with Crippen LogP contribution in [0, 0.1) is 0 Å². The van der Waals surface area contributed by atoms with E-state index in [0.29, 0.717) is 0 Å². The summed E-state index contributed by atoms with van der Waals surface area (Å²) in [6.45, 7) is 6.97. The molecule has 0 aliphatic rings. The molecule has 0 aromatic carbocycles. The van der Waals surface area contributed by atoms with Gasteiger partial charge in [0.1, 0.15) is 0 Å². The van der Waals surface area contributed by atoms with Crippen LogP contribution in [-0.4, -0.2) is 17.3 Å². The highest BCUT2D eigenvalue weighted by Gasteiger charge is 2.13. The van der Waals surface area contributed by atoms with E-state index in [1.807, 2.05) is 12.3 Å². The minimum atomic E-state index is 0.00417. The van der Waals surface area contributed by atoms with Gasteiger partial charge >= 0.3 is 0 Å². The zero-order valence-electron chi connectivity index (χ0n) is 24.0. The van der Waals surface area contributed by atoms with Crippen molar-refractivity contribution in [3.8, 4) is 0 Å². The molecule has 0 saturated heterocycles. The van der Waals surface area contributed by atoms with Gasteiger partial charge in [0.2, 0.25) is 0 Å². The number of aromatic nitrogens is 1. The van der Waals surface area contributed by atoms with Crippen LogP contribution in [0.1, 0.15) is 161 Å². The van der Waals surface area contributed by atoms with Gasteiger partial charge in [-0.3, -0.25) is 4.98 Å². The highest BCUT2D eigenvalue weighted by Crippen LogP contribution is 2.49. The van der Waals surface area contributed by atoms with Gasteiger partial charge in [0, 0.05) is 6.20 Å². The maximum absolute atomic E-state index is 4.60. The summed E-state index contributed by atoms with van der Waals surface area (Å²) >= 11 is 0. The van der Waals surface area contributed by atoms with E-state index in [1.165, 1.54) is 147 Å². The zero-order chi connectivity index (χ0) is 25.2. The van der Waals surface area contributed by atoms with Gasteiger partial charge < -0.3 is 0 Å². The number of rotatable bonds is 25. The quantitative estimate of drug-likeness (QED) is 0.0958. The third-order valence-corrected chi connectivity index (χ3v) is 10.3. The lowest BCUT2D eigenvalue weighted by molar-refractivity contribution is 0.561. The van der Waals surface area contributed by atoms with Crippen LogP contribution in [0.2, 0.25) is 0 Å². The van der Waals surface area contributed by atoms with E-state index in [-0.39, 0.29) is 7.92 Å². The molecular formula is C33H60NP. The van der Waals surface area contributed by atoms with Crippen LogP contribution in [0.25, 0.3) is 6.08 Å². The Morgan fingerprint density at radius 3 is 1.40 bits per heavy atom. The molecule has 0 aliphatic heterocycles. The summed E-state index contributed by atoms with van der Waals surface area (Å²) in [7, 11) is 0.00417. The first-order chi connectivity index (χ1) is 17.3. The van der Waals surface area contributed by atoms with Gasteiger partial charge in [0.25, 0.3) is 0 Å². The Morgan fingerprint density at radius 1 is 0.600 bits per heavy atom. The van der Waals surface area contributed by atoms with E-state index in [9.17, 15) is 0 Å². The van der Waals surface area contributed by atoms with Crippen molar-refractivity contribution in [1.29, 1.82) is 0 Å². The molecule has 1 heterocycles. The first kappa shape index (κ1) is 32.3. The molecule has 1 aromatic heterocycles. The lowest BCUT2D eigenvalue weighted by Crippen LogP contribution is -1.96. The third-order valence-electron chi connectivity index (χ3n) is 7.33. The minimum Gasteiger partial charge on any atom is -0.257 e. The summed E-state index contributed by atoms with van der Waals surface area (Å²) in [6, 6.07) is 6.32. The molecule has 1 aromatic rings. The highest BCUT2D eigenvalue weighted by atomic mass is 31.1. The molecule has 0 amide bonds. The molecule has 0 aliphatic carbocycles. The fourth-order valence-corrected chi connectivity index (χ4v) is 7.80. The lowest BCUT2D eigenvalue weighted by atomic mass is 10.1. The van der Waals surface area contributed by atoms with E-state index in [2.05, 4.69) is 44.0 Å². The summed E-state index contributed by atoms with van der Waals surface area (Å²) in [5.41, 5.74) is 1.16. The van der Waals surface area contributed by atoms with Crippen molar-refractivity contribution in [2.24, 2.45) is 0 Å². The molecular weight excluding hydrogens is 441 g/mol. The largest absolute Gasteiger partial charge is 0.257 e. The third kappa shape index (κ3) is 19.1. The predicted octanol–water partition coefficient (Wildman–Crippen LogP) is 12.2. The van der Waals surface area contributed by atoms with Crippen LogP contribution in [0.5, 0.6) is 0 Å². The standard InChI is InChI=1S/C33H60NP/c1-4-7-9-11-13-15-17-19-21-25-29-35(33(6-3)31-32-27-23-24-28-34-32)30-26-22-20-18-16-14-12-10-8-5-2/h23-24,27-28,31H,4-22,25-26,29-30H2,1-3H3/b33-31+. The maximum Gasteiger partial charge on any atom is 0.0632 e. The fraction of sp³-hybridized carbons (Fsp3) is 0.788. The summed E-state index contributed by atoms with van der Waals surface area (Å²) < 4.78 is 0. The van der Waals surface area contributed by atoms with E-state index < -0.39 is 0 Å². The topological polar surface area (TPSA) is 12.9 Å². The van der Waals surface area contributed by atoms with Crippen LogP contribution < -0.4 is 0 Å². The van der Waals surface area contributed by atoms with Crippen molar-refractivity contribution < 1.29 is 0 Å². The monoisotopic (exact) mass is 501 g/mol. The first-order valence-electron chi connectivity index (χ1n) is 15.7. The Balaban J connectivity index is 2.35. The SMILES string of the molecule is CCCCCCCCCCCCP(CCCCCCCCCCCC)/C(=C/c1ccccn1)CC. The lowest BCUT2D eigenvalue weighted by Gasteiger charge is -2.21. The zero-order valence-corrected chi connectivity index (χ0v) is 24.9. The Bertz CT molecular complexity index is 558. The number of pyridine rings is 1. The van der Waals surface area contributed by atoms with Gasteiger partial charge in [-0.25, -0.2) is 0 Å². The van der Waals surface area contributed by atoms with Crippen molar-refractivity contribution in [2.75, 3.05) is 12.3 Å². The molecule has 0 radical (unpaired) electrons. The molecule has 0 saturated carbocycles. The minimum absolute atomic E-state index is 0.00417. The summed E-state index contributed by atoms with van der Waals surface area (Å²) in [5.74, 6) is 0. The molecule has 202 valence electrons. The number of unbranched alkanes of at least 4 members (excludes halogenated alkanes) is 18. The second kappa shape index (κ2) is 25.0. The molecule has 1 nitrogen and oxygen atoms in total. The smallest absolute Gasteiger partial charge is 0.0632 e. The number of allylic oxidation sites excluding steroid dienone is 1. The first-order valence-corrected chi connectivity index (χ1v) is 17.4. The van der Waals surface area contributed by atoms with Crippen molar-refractivity contribution in [3.63, 3.8) is 0 Å². The molecule has 0 atom stereocenters. The number of nitrogens with zero attached hydrogens (tertiary/aromatic N) is 1. The summed E-state index contributed by atoms with van der Waals surface area (Å²) in [5, 5.41) is 1.70. The van der Waals surface area contributed by atoms with E-state index >= 15 is 0 Å². The second-order valence-corrected chi connectivity index (χ2v) is 13.1. The summed E-state index contributed by atoms with van der Waals surface area (Å²) in [4.78, 5) is 4.60.